The zero-order valence-electron chi connectivity index (χ0n) is 11.5. The van der Waals surface area contributed by atoms with Crippen LogP contribution in [0, 0.1) is 5.92 Å². The number of nitrogens with one attached hydrogen (secondary N) is 2. The summed E-state index contributed by atoms with van der Waals surface area (Å²) in [5.41, 5.74) is 0. The van der Waals surface area contributed by atoms with Crippen LogP contribution in [-0.2, 0) is 6.42 Å². The summed E-state index contributed by atoms with van der Waals surface area (Å²) in [5, 5.41) is 3.66. The molecule has 2 N–H and O–H groups in total. The Balaban J connectivity index is 2.11. The second-order valence-corrected chi connectivity index (χ2v) is 4.95. The number of aromatic nitrogens is 2. The minimum absolute atomic E-state index is 0.682. The van der Waals surface area contributed by atoms with Crippen LogP contribution < -0.4 is 5.32 Å². The Hall–Kier alpha value is -0.830. The topological polar surface area (TPSA) is 40.7 Å². The SMILES string of the molecule is CCC(C)CC(CC)NCCCc1ncc[nH]1. The predicted octanol–water partition coefficient (Wildman–Crippen LogP) is 3.15. The van der Waals surface area contributed by atoms with E-state index in [9.17, 15) is 0 Å². The van der Waals surface area contributed by atoms with Crippen molar-refractivity contribution >= 4 is 0 Å². The lowest BCUT2D eigenvalue weighted by Crippen LogP contribution is -2.31. The number of rotatable bonds is 9. The highest BCUT2D eigenvalue weighted by Gasteiger charge is 2.09. The summed E-state index contributed by atoms with van der Waals surface area (Å²) in [6.45, 7) is 7.98. The molecule has 0 aliphatic carbocycles. The van der Waals surface area contributed by atoms with Gasteiger partial charge in [0.25, 0.3) is 0 Å². The fourth-order valence-electron chi connectivity index (χ4n) is 2.04. The number of H-pyrrole nitrogens is 1. The molecule has 3 heteroatoms. The molecule has 0 saturated heterocycles. The van der Waals surface area contributed by atoms with Gasteiger partial charge in [0.2, 0.25) is 0 Å². The van der Waals surface area contributed by atoms with Crippen LogP contribution in [0.1, 0.15) is 52.3 Å². The molecule has 1 rings (SSSR count). The highest BCUT2D eigenvalue weighted by molar-refractivity contribution is 4.86. The van der Waals surface area contributed by atoms with E-state index in [0.717, 1.165) is 31.1 Å². The number of aromatic amines is 1. The molecule has 17 heavy (non-hydrogen) atoms. The van der Waals surface area contributed by atoms with E-state index in [1.54, 1.807) is 0 Å². The molecule has 0 saturated carbocycles. The molecule has 0 aliphatic rings. The van der Waals surface area contributed by atoms with Crippen molar-refractivity contribution in [3.05, 3.63) is 18.2 Å². The average Bonchev–Trinajstić information content (AvgIpc) is 2.85. The summed E-state index contributed by atoms with van der Waals surface area (Å²) in [6, 6.07) is 0.682. The van der Waals surface area contributed by atoms with Gasteiger partial charge in [-0.05, 0) is 31.7 Å². The molecule has 3 nitrogen and oxygen atoms in total. The van der Waals surface area contributed by atoms with Crippen LogP contribution in [0.2, 0.25) is 0 Å². The van der Waals surface area contributed by atoms with Crippen LogP contribution in [0.25, 0.3) is 0 Å². The number of imidazole rings is 1. The van der Waals surface area contributed by atoms with Gasteiger partial charge in [-0.25, -0.2) is 4.98 Å². The monoisotopic (exact) mass is 237 g/mol. The van der Waals surface area contributed by atoms with Gasteiger partial charge in [0.1, 0.15) is 5.82 Å². The van der Waals surface area contributed by atoms with E-state index in [1.165, 1.54) is 19.3 Å². The van der Waals surface area contributed by atoms with Gasteiger partial charge in [0, 0.05) is 24.9 Å². The first-order valence-corrected chi connectivity index (χ1v) is 6.97. The second-order valence-electron chi connectivity index (χ2n) is 4.95. The van der Waals surface area contributed by atoms with Crippen LogP contribution >= 0.6 is 0 Å². The van der Waals surface area contributed by atoms with Crippen molar-refractivity contribution in [3.8, 4) is 0 Å². The van der Waals surface area contributed by atoms with Gasteiger partial charge in [-0.15, -0.1) is 0 Å². The summed E-state index contributed by atoms with van der Waals surface area (Å²) >= 11 is 0. The Morgan fingerprint density at radius 1 is 1.35 bits per heavy atom. The van der Waals surface area contributed by atoms with Crippen molar-refractivity contribution < 1.29 is 0 Å². The zero-order chi connectivity index (χ0) is 12.5. The lowest BCUT2D eigenvalue weighted by atomic mass is 9.98. The fraction of sp³-hybridized carbons (Fsp3) is 0.786. The van der Waals surface area contributed by atoms with Crippen LogP contribution in [0.5, 0.6) is 0 Å². The van der Waals surface area contributed by atoms with Crippen LogP contribution in [0.3, 0.4) is 0 Å². The molecular formula is C14H27N3. The number of aryl methyl sites for hydroxylation is 1. The van der Waals surface area contributed by atoms with Gasteiger partial charge in [-0.1, -0.05) is 27.2 Å². The van der Waals surface area contributed by atoms with Gasteiger partial charge in [0.15, 0.2) is 0 Å². The summed E-state index contributed by atoms with van der Waals surface area (Å²) in [7, 11) is 0. The lowest BCUT2D eigenvalue weighted by Gasteiger charge is -2.20. The fourth-order valence-corrected chi connectivity index (χ4v) is 2.04. The smallest absolute Gasteiger partial charge is 0.106 e. The van der Waals surface area contributed by atoms with Gasteiger partial charge in [0.05, 0.1) is 0 Å². The Labute approximate surface area is 105 Å². The molecule has 0 bridgehead atoms. The minimum atomic E-state index is 0.682. The van der Waals surface area contributed by atoms with Gasteiger partial charge in [-0.2, -0.15) is 0 Å². The summed E-state index contributed by atoms with van der Waals surface area (Å²) in [4.78, 5) is 7.37. The number of hydrogen-bond acceptors (Lipinski definition) is 2. The number of hydrogen-bond donors (Lipinski definition) is 2. The van der Waals surface area contributed by atoms with Crippen LogP contribution in [0.15, 0.2) is 12.4 Å². The summed E-state index contributed by atoms with van der Waals surface area (Å²) in [5.74, 6) is 1.93. The van der Waals surface area contributed by atoms with Crippen molar-refractivity contribution in [2.45, 2.75) is 58.9 Å². The Kier molecular flexibility index (Phi) is 6.94. The van der Waals surface area contributed by atoms with E-state index < -0.39 is 0 Å². The van der Waals surface area contributed by atoms with Gasteiger partial charge >= 0.3 is 0 Å². The lowest BCUT2D eigenvalue weighted by molar-refractivity contribution is 0.383. The third-order valence-corrected chi connectivity index (χ3v) is 3.45. The van der Waals surface area contributed by atoms with E-state index in [1.807, 2.05) is 12.4 Å². The molecule has 0 amide bonds. The van der Waals surface area contributed by atoms with Crippen molar-refractivity contribution in [2.75, 3.05) is 6.54 Å². The van der Waals surface area contributed by atoms with E-state index >= 15 is 0 Å². The van der Waals surface area contributed by atoms with Crippen LogP contribution in [-0.4, -0.2) is 22.6 Å². The molecule has 0 aliphatic heterocycles. The molecule has 0 spiro atoms. The van der Waals surface area contributed by atoms with E-state index in [-0.39, 0.29) is 0 Å². The highest BCUT2D eigenvalue weighted by Crippen LogP contribution is 2.11. The first-order valence-electron chi connectivity index (χ1n) is 6.97. The van der Waals surface area contributed by atoms with Crippen molar-refractivity contribution in [1.29, 1.82) is 0 Å². The third kappa shape index (κ3) is 5.87. The summed E-state index contributed by atoms with van der Waals surface area (Å²) in [6.07, 6.45) is 9.72. The van der Waals surface area contributed by atoms with E-state index in [4.69, 9.17) is 0 Å². The minimum Gasteiger partial charge on any atom is -0.349 e. The maximum absolute atomic E-state index is 4.23. The summed E-state index contributed by atoms with van der Waals surface area (Å²) < 4.78 is 0. The first kappa shape index (κ1) is 14.2. The molecule has 2 atom stereocenters. The zero-order valence-corrected chi connectivity index (χ0v) is 11.5. The van der Waals surface area contributed by atoms with Gasteiger partial charge in [-0.3, -0.25) is 0 Å². The number of nitrogens with zero attached hydrogens (tertiary/aromatic N) is 1. The molecule has 1 heterocycles. The van der Waals surface area contributed by atoms with Gasteiger partial charge < -0.3 is 10.3 Å². The normalized spacial score (nSPS) is 14.8. The van der Waals surface area contributed by atoms with Crippen LogP contribution in [0.4, 0.5) is 0 Å². The molecule has 0 fully saturated rings. The Bertz CT molecular complexity index is 269. The van der Waals surface area contributed by atoms with E-state index in [2.05, 4.69) is 36.1 Å². The highest BCUT2D eigenvalue weighted by atomic mass is 14.9. The first-order chi connectivity index (χ1) is 8.26. The maximum Gasteiger partial charge on any atom is 0.106 e. The largest absolute Gasteiger partial charge is 0.349 e. The molecule has 0 radical (unpaired) electrons. The van der Waals surface area contributed by atoms with Crippen molar-refractivity contribution in [3.63, 3.8) is 0 Å². The molecule has 98 valence electrons. The standard InChI is InChI=1S/C14H27N3/c1-4-12(3)11-13(5-2)15-8-6-7-14-16-9-10-17-14/h9-10,12-13,15H,4-8,11H2,1-3H3,(H,16,17). The quantitative estimate of drug-likeness (QED) is 0.648. The molecule has 0 aromatic carbocycles. The van der Waals surface area contributed by atoms with Crippen molar-refractivity contribution in [2.24, 2.45) is 5.92 Å². The third-order valence-electron chi connectivity index (χ3n) is 3.45. The second kappa shape index (κ2) is 8.29. The molecular weight excluding hydrogens is 210 g/mol. The maximum atomic E-state index is 4.23. The molecule has 2 unspecified atom stereocenters. The van der Waals surface area contributed by atoms with Crippen molar-refractivity contribution in [1.82, 2.24) is 15.3 Å². The Morgan fingerprint density at radius 3 is 2.76 bits per heavy atom. The average molecular weight is 237 g/mol. The predicted molar refractivity (Wildman–Crippen MR) is 73.1 cm³/mol. The molecule has 1 aromatic heterocycles. The Morgan fingerprint density at radius 2 is 2.18 bits per heavy atom. The van der Waals surface area contributed by atoms with E-state index in [0.29, 0.717) is 6.04 Å². The molecule has 1 aromatic rings.